The summed E-state index contributed by atoms with van der Waals surface area (Å²) < 4.78 is 6.68. The molecule has 6 nitrogen and oxygen atoms in total. The lowest BCUT2D eigenvalue weighted by Gasteiger charge is -2.05. The van der Waals surface area contributed by atoms with Crippen LogP contribution in [-0.2, 0) is 16.1 Å². The molecule has 0 aliphatic heterocycles. The van der Waals surface area contributed by atoms with Crippen LogP contribution in [0.25, 0.3) is 4.96 Å². The molecule has 0 N–H and O–H groups in total. The van der Waals surface area contributed by atoms with E-state index in [1.54, 1.807) is 0 Å². The van der Waals surface area contributed by atoms with E-state index in [2.05, 4.69) is 30.0 Å². The molecule has 2 heterocycles. The number of rotatable bonds is 4. The third-order valence-electron chi connectivity index (χ3n) is 4.44. The van der Waals surface area contributed by atoms with E-state index < -0.39 is 0 Å². The molecule has 0 bridgehead atoms. The van der Waals surface area contributed by atoms with Crippen LogP contribution >= 0.6 is 11.3 Å². The Morgan fingerprint density at radius 3 is 2.83 bits per heavy atom. The van der Waals surface area contributed by atoms with Gasteiger partial charge in [-0.3, -0.25) is 9.59 Å². The quantitative estimate of drug-likeness (QED) is 0.628. The van der Waals surface area contributed by atoms with Crippen molar-refractivity contribution in [1.29, 1.82) is 0 Å². The Bertz CT molecular complexity index is 890. The van der Waals surface area contributed by atoms with Crippen LogP contribution in [0.15, 0.2) is 22.5 Å². The van der Waals surface area contributed by atoms with Crippen LogP contribution in [0.1, 0.15) is 38.4 Å². The van der Waals surface area contributed by atoms with Crippen LogP contribution in [0.2, 0.25) is 0 Å². The monoisotopic (exact) mass is 347 g/mol. The number of carbonyl (C=O) groups excluding carboxylic acids is 1. The van der Waals surface area contributed by atoms with Crippen molar-refractivity contribution in [2.24, 2.45) is 17.3 Å². The number of aromatic nitrogens is 3. The minimum Gasteiger partial charge on any atom is -0.459 e. The van der Waals surface area contributed by atoms with Gasteiger partial charge in [0.2, 0.25) is 4.96 Å². The van der Waals surface area contributed by atoms with Crippen molar-refractivity contribution in [3.8, 4) is 0 Å². The normalized spacial score (nSPS) is 21.5. The second-order valence-corrected chi connectivity index (χ2v) is 8.24. The molecule has 0 saturated heterocycles. The zero-order valence-corrected chi connectivity index (χ0v) is 15.3. The van der Waals surface area contributed by atoms with E-state index in [1.807, 2.05) is 20.8 Å². The molecule has 24 heavy (non-hydrogen) atoms. The van der Waals surface area contributed by atoms with Gasteiger partial charge in [0.05, 0.1) is 11.6 Å². The Kier molecular flexibility index (Phi) is 4.07. The average Bonchev–Trinajstić information content (AvgIpc) is 2.81. The number of hydrogen-bond acceptors (Lipinski definition) is 6. The highest BCUT2D eigenvalue weighted by atomic mass is 32.1. The molecule has 0 unspecified atom stereocenters. The highest BCUT2D eigenvalue weighted by Crippen LogP contribution is 2.59. The van der Waals surface area contributed by atoms with Crippen molar-refractivity contribution in [3.05, 3.63) is 38.8 Å². The number of nitrogens with zero attached hydrogens (tertiary/aromatic N) is 3. The molecular weight excluding hydrogens is 326 g/mol. The predicted octanol–water partition coefficient (Wildman–Crippen LogP) is 2.74. The van der Waals surface area contributed by atoms with Gasteiger partial charge >= 0.3 is 5.97 Å². The average molecular weight is 347 g/mol. The SMILES string of the molecule is CC(C)=C[C@@H]1[C@H](C(=O)OCc2cc(=O)n3nc(C)sc3n2)C1(C)C. The first kappa shape index (κ1) is 16.8. The summed E-state index contributed by atoms with van der Waals surface area (Å²) in [6.07, 6.45) is 2.13. The van der Waals surface area contributed by atoms with Gasteiger partial charge in [-0.15, -0.1) is 0 Å². The maximum atomic E-state index is 12.4. The Morgan fingerprint density at radius 2 is 2.17 bits per heavy atom. The first-order chi connectivity index (χ1) is 11.2. The molecule has 1 saturated carbocycles. The van der Waals surface area contributed by atoms with Crippen molar-refractivity contribution in [2.45, 2.75) is 41.2 Å². The maximum absolute atomic E-state index is 12.4. The third kappa shape index (κ3) is 3.00. The molecular formula is C17H21N3O3S. The zero-order valence-electron chi connectivity index (χ0n) is 14.5. The summed E-state index contributed by atoms with van der Waals surface area (Å²) in [5.74, 6) is -0.159. The van der Waals surface area contributed by atoms with Crippen LogP contribution < -0.4 is 5.56 Å². The van der Waals surface area contributed by atoms with E-state index >= 15 is 0 Å². The van der Waals surface area contributed by atoms with Gasteiger partial charge in [0.15, 0.2) is 0 Å². The fraction of sp³-hybridized carbons (Fsp3) is 0.529. The Morgan fingerprint density at radius 1 is 1.46 bits per heavy atom. The molecule has 2 atom stereocenters. The van der Waals surface area contributed by atoms with E-state index in [1.165, 1.54) is 27.5 Å². The van der Waals surface area contributed by atoms with Gasteiger partial charge < -0.3 is 4.74 Å². The van der Waals surface area contributed by atoms with E-state index in [0.717, 1.165) is 5.01 Å². The van der Waals surface area contributed by atoms with Crippen LogP contribution in [0.5, 0.6) is 0 Å². The summed E-state index contributed by atoms with van der Waals surface area (Å²) >= 11 is 1.33. The first-order valence-corrected chi connectivity index (χ1v) is 8.70. The predicted molar refractivity (Wildman–Crippen MR) is 91.9 cm³/mol. The number of ether oxygens (including phenoxy) is 1. The van der Waals surface area contributed by atoms with Gasteiger partial charge in [-0.25, -0.2) is 4.98 Å². The lowest BCUT2D eigenvalue weighted by Crippen LogP contribution is -2.17. The lowest BCUT2D eigenvalue weighted by atomic mass is 10.1. The molecule has 7 heteroatoms. The number of carbonyl (C=O) groups is 1. The van der Waals surface area contributed by atoms with Gasteiger partial charge in [-0.05, 0) is 32.1 Å². The highest BCUT2D eigenvalue weighted by molar-refractivity contribution is 7.16. The number of fused-ring (bicyclic) bond motifs is 1. The molecule has 0 amide bonds. The van der Waals surface area contributed by atoms with Crippen molar-refractivity contribution in [3.63, 3.8) is 0 Å². The topological polar surface area (TPSA) is 73.6 Å². The number of hydrogen-bond donors (Lipinski definition) is 0. The highest BCUT2D eigenvalue weighted by Gasteiger charge is 2.61. The maximum Gasteiger partial charge on any atom is 0.310 e. The number of aryl methyl sites for hydroxylation is 1. The molecule has 2 aromatic heterocycles. The summed E-state index contributed by atoms with van der Waals surface area (Å²) in [6, 6.07) is 1.37. The van der Waals surface area contributed by atoms with E-state index in [9.17, 15) is 9.59 Å². The smallest absolute Gasteiger partial charge is 0.310 e. The zero-order chi connectivity index (χ0) is 17.6. The standard InChI is InChI=1S/C17H21N3O3S/c1-9(2)6-12-14(17(12,4)5)15(22)23-8-11-7-13(21)20-16(18-11)24-10(3)19-20/h6-7,12,14H,8H2,1-5H3/t12-,14-/m1/s1. The van der Waals surface area contributed by atoms with Crippen molar-refractivity contribution in [2.75, 3.05) is 0 Å². The summed E-state index contributed by atoms with van der Waals surface area (Å²) in [5.41, 5.74) is 1.31. The van der Waals surface area contributed by atoms with Gasteiger partial charge in [0.1, 0.15) is 11.6 Å². The minimum absolute atomic E-state index is 0.00957. The van der Waals surface area contributed by atoms with Gasteiger partial charge in [-0.1, -0.05) is 36.8 Å². The Hall–Kier alpha value is -2.02. The fourth-order valence-corrected chi connectivity index (χ4v) is 3.83. The van der Waals surface area contributed by atoms with E-state index in [0.29, 0.717) is 10.7 Å². The van der Waals surface area contributed by atoms with Gasteiger partial charge in [-0.2, -0.15) is 9.61 Å². The molecule has 1 fully saturated rings. The van der Waals surface area contributed by atoms with Crippen molar-refractivity contribution >= 4 is 22.3 Å². The fourth-order valence-electron chi connectivity index (χ4n) is 3.06. The Labute approximate surface area is 144 Å². The minimum atomic E-state index is -0.260. The second-order valence-electron chi connectivity index (χ2n) is 7.08. The van der Waals surface area contributed by atoms with Crippen LogP contribution in [-0.4, -0.2) is 20.6 Å². The Balaban J connectivity index is 1.71. The first-order valence-electron chi connectivity index (χ1n) is 7.88. The third-order valence-corrected chi connectivity index (χ3v) is 5.26. The molecule has 0 radical (unpaired) electrons. The van der Waals surface area contributed by atoms with Gasteiger partial charge in [0.25, 0.3) is 5.56 Å². The van der Waals surface area contributed by atoms with Crippen LogP contribution in [0.3, 0.4) is 0 Å². The number of esters is 1. The molecule has 0 aromatic carbocycles. The van der Waals surface area contributed by atoms with Crippen LogP contribution in [0, 0.1) is 24.2 Å². The molecule has 0 spiro atoms. The van der Waals surface area contributed by atoms with Gasteiger partial charge in [0, 0.05) is 6.07 Å². The molecule has 1 aliphatic rings. The molecule has 3 rings (SSSR count). The second kappa shape index (κ2) is 5.81. The summed E-state index contributed by atoms with van der Waals surface area (Å²) in [6.45, 7) is 10.0. The summed E-state index contributed by atoms with van der Waals surface area (Å²) in [5, 5.41) is 4.85. The molecule has 128 valence electrons. The van der Waals surface area contributed by atoms with E-state index in [-0.39, 0.29) is 35.4 Å². The molecule has 1 aliphatic carbocycles. The van der Waals surface area contributed by atoms with Crippen molar-refractivity contribution in [1.82, 2.24) is 14.6 Å². The van der Waals surface area contributed by atoms with E-state index in [4.69, 9.17) is 4.74 Å². The number of allylic oxidation sites excluding steroid dienone is 2. The van der Waals surface area contributed by atoms with Crippen molar-refractivity contribution < 1.29 is 9.53 Å². The van der Waals surface area contributed by atoms with Crippen LogP contribution in [0.4, 0.5) is 0 Å². The summed E-state index contributed by atoms with van der Waals surface area (Å²) in [7, 11) is 0. The lowest BCUT2D eigenvalue weighted by molar-refractivity contribution is -0.147. The summed E-state index contributed by atoms with van der Waals surface area (Å²) in [4.78, 5) is 29.2. The largest absolute Gasteiger partial charge is 0.459 e. The molecule has 2 aromatic rings.